The highest BCUT2D eigenvalue weighted by Crippen LogP contribution is 2.38. The van der Waals surface area contributed by atoms with E-state index in [4.69, 9.17) is 4.74 Å². The Bertz CT molecular complexity index is 452. The van der Waals surface area contributed by atoms with E-state index < -0.39 is 0 Å². The molecule has 2 atom stereocenters. The van der Waals surface area contributed by atoms with Crippen LogP contribution >= 0.6 is 0 Å². The van der Waals surface area contributed by atoms with Crippen molar-refractivity contribution in [3.05, 3.63) is 35.9 Å². The fourth-order valence-electron chi connectivity index (χ4n) is 3.32. The minimum atomic E-state index is -0.0921. The number of hydrogen-bond acceptors (Lipinski definition) is 3. The highest BCUT2D eigenvalue weighted by molar-refractivity contribution is 5.78. The molecule has 122 valence electrons. The van der Waals surface area contributed by atoms with Crippen molar-refractivity contribution in [1.29, 1.82) is 0 Å². The lowest BCUT2D eigenvalue weighted by molar-refractivity contribution is -0.152. The molecule has 0 heterocycles. The van der Waals surface area contributed by atoms with E-state index in [2.05, 4.69) is 17.0 Å². The van der Waals surface area contributed by atoms with Crippen LogP contribution in [0.5, 0.6) is 0 Å². The molecule has 1 fully saturated rings. The van der Waals surface area contributed by atoms with E-state index in [0.717, 1.165) is 31.4 Å². The quantitative estimate of drug-likeness (QED) is 0.717. The molecule has 0 bridgehead atoms. The van der Waals surface area contributed by atoms with Crippen LogP contribution in [0.1, 0.15) is 50.5 Å². The zero-order chi connectivity index (χ0) is 15.9. The normalized spacial score (nSPS) is 18.4. The summed E-state index contributed by atoms with van der Waals surface area (Å²) >= 11 is 0. The van der Waals surface area contributed by atoms with Crippen LogP contribution in [-0.2, 0) is 9.53 Å². The van der Waals surface area contributed by atoms with Gasteiger partial charge in [-0.05, 0) is 51.8 Å². The number of benzene rings is 1. The van der Waals surface area contributed by atoms with Crippen LogP contribution in [-0.4, -0.2) is 37.6 Å². The molecule has 3 nitrogen and oxygen atoms in total. The van der Waals surface area contributed by atoms with E-state index in [1.807, 2.05) is 39.2 Å². The van der Waals surface area contributed by atoms with Crippen LogP contribution in [0.3, 0.4) is 0 Å². The predicted octanol–water partition coefficient (Wildman–Crippen LogP) is 3.84. The maximum absolute atomic E-state index is 12.7. The summed E-state index contributed by atoms with van der Waals surface area (Å²) in [6.45, 7) is 2.94. The first-order valence-electron chi connectivity index (χ1n) is 8.48. The molecule has 1 saturated carbocycles. The molecule has 0 saturated heterocycles. The van der Waals surface area contributed by atoms with Gasteiger partial charge in [-0.1, -0.05) is 43.2 Å². The number of esters is 1. The van der Waals surface area contributed by atoms with Crippen molar-refractivity contribution in [2.45, 2.75) is 51.0 Å². The number of ether oxygens (including phenoxy) is 1. The molecule has 0 amide bonds. The summed E-state index contributed by atoms with van der Waals surface area (Å²) in [4.78, 5) is 14.9. The van der Waals surface area contributed by atoms with E-state index in [1.165, 1.54) is 12.8 Å². The summed E-state index contributed by atoms with van der Waals surface area (Å²) in [6, 6.07) is 10.2. The second kappa shape index (κ2) is 8.33. The van der Waals surface area contributed by atoms with Gasteiger partial charge in [0.2, 0.25) is 0 Å². The fraction of sp³-hybridized carbons (Fsp3) is 0.632. The number of nitrogens with zero attached hydrogens (tertiary/aromatic N) is 1. The Kier molecular flexibility index (Phi) is 6.44. The van der Waals surface area contributed by atoms with Gasteiger partial charge < -0.3 is 9.64 Å². The first-order chi connectivity index (χ1) is 10.6. The Morgan fingerprint density at radius 1 is 1.23 bits per heavy atom. The second-order valence-corrected chi connectivity index (χ2v) is 6.77. The van der Waals surface area contributed by atoms with Crippen molar-refractivity contribution < 1.29 is 9.53 Å². The third-order valence-electron chi connectivity index (χ3n) is 4.58. The molecule has 22 heavy (non-hydrogen) atoms. The molecular formula is C19H29NO2. The number of hydrogen-bond donors (Lipinski definition) is 0. The SMILES string of the molecule is CC(CCN(C)C)OC(=O)C(c1ccccc1)C1CCCC1. The van der Waals surface area contributed by atoms with Gasteiger partial charge in [-0.15, -0.1) is 0 Å². The largest absolute Gasteiger partial charge is 0.462 e. The molecule has 3 heteroatoms. The van der Waals surface area contributed by atoms with Gasteiger partial charge in [0, 0.05) is 6.54 Å². The summed E-state index contributed by atoms with van der Waals surface area (Å²) in [5.41, 5.74) is 1.11. The van der Waals surface area contributed by atoms with Crippen LogP contribution in [0.15, 0.2) is 30.3 Å². The smallest absolute Gasteiger partial charge is 0.313 e. The molecule has 1 aliphatic rings. The van der Waals surface area contributed by atoms with E-state index in [1.54, 1.807) is 0 Å². The van der Waals surface area contributed by atoms with Gasteiger partial charge in [0.15, 0.2) is 0 Å². The first-order valence-corrected chi connectivity index (χ1v) is 8.48. The van der Waals surface area contributed by atoms with Gasteiger partial charge in [-0.25, -0.2) is 0 Å². The lowest BCUT2D eigenvalue weighted by Gasteiger charge is -2.25. The number of carbonyl (C=O) groups is 1. The zero-order valence-corrected chi connectivity index (χ0v) is 14.1. The summed E-state index contributed by atoms with van der Waals surface area (Å²) in [6.07, 6.45) is 5.60. The molecule has 1 aliphatic carbocycles. The molecule has 1 aromatic rings. The monoisotopic (exact) mass is 303 g/mol. The molecular weight excluding hydrogens is 274 g/mol. The molecule has 0 N–H and O–H groups in total. The fourth-order valence-corrected chi connectivity index (χ4v) is 3.32. The zero-order valence-electron chi connectivity index (χ0n) is 14.1. The molecule has 2 unspecified atom stereocenters. The highest BCUT2D eigenvalue weighted by Gasteiger charge is 2.33. The minimum Gasteiger partial charge on any atom is -0.462 e. The Morgan fingerprint density at radius 2 is 1.86 bits per heavy atom. The molecule has 0 spiro atoms. The van der Waals surface area contributed by atoms with Crippen molar-refractivity contribution in [3.63, 3.8) is 0 Å². The summed E-state index contributed by atoms with van der Waals surface area (Å²) < 4.78 is 5.76. The standard InChI is InChI=1S/C19H29NO2/c1-15(13-14-20(2)3)22-19(21)18(17-11-7-8-12-17)16-9-5-4-6-10-16/h4-6,9-10,15,17-18H,7-8,11-14H2,1-3H3. The van der Waals surface area contributed by atoms with Gasteiger partial charge in [0.25, 0.3) is 0 Å². The second-order valence-electron chi connectivity index (χ2n) is 6.77. The Labute approximate surface area is 134 Å². The lowest BCUT2D eigenvalue weighted by atomic mass is 9.85. The van der Waals surface area contributed by atoms with E-state index >= 15 is 0 Å². The van der Waals surface area contributed by atoms with Gasteiger partial charge in [0.1, 0.15) is 6.10 Å². The third-order valence-corrected chi connectivity index (χ3v) is 4.58. The number of rotatable bonds is 7. The van der Waals surface area contributed by atoms with Crippen molar-refractivity contribution in [1.82, 2.24) is 4.90 Å². The average Bonchev–Trinajstić information content (AvgIpc) is 3.00. The van der Waals surface area contributed by atoms with E-state index in [9.17, 15) is 4.79 Å². The molecule has 2 rings (SSSR count). The van der Waals surface area contributed by atoms with Crippen molar-refractivity contribution in [2.75, 3.05) is 20.6 Å². The summed E-state index contributed by atoms with van der Waals surface area (Å²) in [5, 5.41) is 0. The van der Waals surface area contributed by atoms with Crippen LogP contribution in [0.4, 0.5) is 0 Å². The molecule has 0 aromatic heterocycles. The average molecular weight is 303 g/mol. The molecule has 0 aliphatic heterocycles. The van der Waals surface area contributed by atoms with Gasteiger partial charge in [-0.3, -0.25) is 4.79 Å². The summed E-state index contributed by atoms with van der Waals surface area (Å²) in [5.74, 6) is 0.311. The van der Waals surface area contributed by atoms with E-state index in [0.29, 0.717) is 5.92 Å². The van der Waals surface area contributed by atoms with Crippen LogP contribution in [0.25, 0.3) is 0 Å². The summed E-state index contributed by atoms with van der Waals surface area (Å²) in [7, 11) is 4.08. The van der Waals surface area contributed by atoms with Crippen molar-refractivity contribution >= 4 is 5.97 Å². The Hall–Kier alpha value is -1.35. The third kappa shape index (κ3) is 4.84. The Morgan fingerprint density at radius 3 is 2.45 bits per heavy atom. The van der Waals surface area contributed by atoms with Gasteiger partial charge in [0.05, 0.1) is 5.92 Å². The first kappa shape index (κ1) is 17.0. The van der Waals surface area contributed by atoms with Crippen LogP contribution in [0.2, 0.25) is 0 Å². The van der Waals surface area contributed by atoms with Gasteiger partial charge >= 0.3 is 5.97 Å². The van der Waals surface area contributed by atoms with E-state index in [-0.39, 0.29) is 18.0 Å². The number of carbonyl (C=O) groups excluding carboxylic acids is 1. The highest BCUT2D eigenvalue weighted by atomic mass is 16.5. The lowest BCUT2D eigenvalue weighted by Crippen LogP contribution is -2.28. The minimum absolute atomic E-state index is 0.0254. The van der Waals surface area contributed by atoms with Crippen LogP contribution in [0, 0.1) is 5.92 Å². The van der Waals surface area contributed by atoms with Crippen LogP contribution < -0.4 is 0 Å². The van der Waals surface area contributed by atoms with Crippen molar-refractivity contribution in [2.24, 2.45) is 5.92 Å². The maximum atomic E-state index is 12.7. The molecule has 0 radical (unpaired) electrons. The predicted molar refractivity (Wildman–Crippen MR) is 89.9 cm³/mol. The van der Waals surface area contributed by atoms with Gasteiger partial charge in [-0.2, -0.15) is 0 Å². The van der Waals surface area contributed by atoms with Crippen molar-refractivity contribution in [3.8, 4) is 0 Å². The topological polar surface area (TPSA) is 29.5 Å². The molecule has 1 aromatic carbocycles. The maximum Gasteiger partial charge on any atom is 0.313 e. The Balaban J connectivity index is 2.03.